The van der Waals surface area contributed by atoms with Gasteiger partial charge >= 0.3 is 0 Å². The number of benzene rings is 7. The molecule has 7 aromatic carbocycles. The molecule has 0 fully saturated rings. The van der Waals surface area contributed by atoms with Gasteiger partial charge in [-0.05, 0) is 93.1 Å². The number of aliphatic imine (C=N–C) groups is 1. The van der Waals surface area contributed by atoms with Crippen LogP contribution in [-0.4, -0.2) is 5.71 Å². The Morgan fingerprint density at radius 2 is 1.19 bits per heavy atom. The molecular weight excluding hydrogens is 715 g/mol. The number of allylic oxidation sites excluding steroid dienone is 6. The van der Waals surface area contributed by atoms with Crippen LogP contribution in [0.4, 0.5) is 0 Å². The first-order valence-electron chi connectivity index (χ1n) is 20.6. The summed E-state index contributed by atoms with van der Waals surface area (Å²) < 4.78 is 6.67. The van der Waals surface area contributed by atoms with Crippen LogP contribution in [0.1, 0.15) is 65.3 Å². The summed E-state index contributed by atoms with van der Waals surface area (Å²) in [5.41, 5.74) is 14.4. The van der Waals surface area contributed by atoms with E-state index in [1.807, 2.05) is 12.1 Å². The highest BCUT2D eigenvalue weighted by Gasteiger charge is 2.46. The van der Waals surface area contributed by atoms with Gasteiger partial charge in [0.1, 0.15) is 11.5 Å². The second-order valence-corrected chi connectivity index (χ2v) is 15.6. The van der Waals surface area contributed by atoms with Crippen molar-refractivity contribution in [3.63, 3.8) is 0 Å². The van der Waals surface area contributed by atoms with Gasteiger partial charge in [0.25, 0.3) is 0 Å². The number of rotatable bonds is 10. The van der Waals surface area contributed by atoms with E-state index >= 15 is 0 Å². The van der Waals surface area contributed by atoms with Crippen molar-refractivity contribution in [3.05, 3.63) is 269 Å². The number of hydrogen-bond donors (Lipinski definition) is 0. The summed E-state index contributed by atoms with van der Waals surface area (Å²) >= 11 is 0. The lowest BCUT2D eigenvalue weighted by Gasteiger charge is -2.42. The molecule has 9 rings (SSSR count). The first kappa shape index (κ1) is 37.5. The van der Waals surface area contributed by atoms with Gasteiger partial charge in [0.2, 0.25) is 0 Å². The summed E-state index contributed by atoms with van der Waals surface area (Å²) in [4.78, 5) is 5.45. The van der Waals surface area contributed by atoms with Crippen molar-refractivity contribution in [2.24, 2.45) is 10.9 Å². The third-order valence-electron chi connectivity index (χ3n) is 11.8. The van der Waals surface area contributed by atoms with E-state index in [4.69, 9.17) is 9.73 Å². The van der Waals surface area contributed by atoms with E-state index in [0.29, 0.717) is 5.92 Å². The summed E-state index contributed by atoms with van der Waals surface area (Å²) in [5.74, 6) is 2.11. The fraction of sp³-hybridized carbons (Fsp3) is 0.105. The maximum absolute atomic E-state index is 6.67. The normalized spacial score (nSPS) is 16.4. The predicted molar refractivity (Wildman–Crippen MR) is 246 cm³/mol. The molecule has 1 aliphatic carbocycles. The number of para-hydroxylation sites is 2. The molecule has 7 aromatic rings. The molecule has 2 heteroatoms. The molecule has 2 atom stereocenters. The second-order valence-electron chi connectivity index (χ2n) is 15.6. The van der Waals surface area contributed by atoms with Crippen LogP contribution in [-0.2, 0) is 5.41 Å². The first-order chi connectivity index (χ1) is 29.0. The minimum atomic E-state index is -0.643. The van der Waals surface area contributed by atoms with Gasteiger partial charge < -0.3 is 4.74 Å². The minimum absolute atomic E-state index is 0.206. The van der Waals surface area contributed by atoms with Gasteiger partial charge in [-0.1, -0.05) is 201 Å². The topological polar surface area (TPSA) is 21.6 Å². The average molecular weight is 762 g/mol. The van der Waals surface area contributed by atoms with Gasteiger partial charge in [-0.2, -0.15) is 0 Å². The molecule has 0 amide bonds. The van der Waals surface area contributed by atoms with Gasteiger partial charge in [-0.15, -0.1) is 6.58 Å². The highest BCUT2D eigenvalue weighted by molar-refractivity contribution is 6.10. The Bertz CT molecular complexity index is 2690. The van der Waals surface area contributed by atoms with Crippen LogP contribution in [0.5, 0.6) is 11.5 Å². The highest BCUT2D eigenvalue weighted by atomic mass is 16.5. The zero-order valence-corrected chi connectivity index (χ0v) is 33.6. The zero-order valence-electron chi connectivity index (χ0n) is 33.6. The minimum Gasteiger partial charge on any atom is -0.457 e. The largest absolute Gasteiger partial charge is 0.457 e. The zero-order chi connectivity index (χ0) is 40.2. The molecule has 1 aliphatic heterocycles. The second kappa shape index (κ2) is 16.4. The van der Waals surface area contributed by atoms with Crippen molar-refractivity contribution in [1.82, 2.24) is 0 Å². The Morgan fingerprint density at radius 1 is 0.644 bits per heavy atom. The average Bonchev–Trinajstić information content (AvgIpc) is 3.30. The molecule has 0 bridgehead atoms. The van der Waals surface area contributed by atoms with Gasteiger partial charge in [0.05, 0.1) is 17.2 Å². The number of fused-ring (bicyclic) bond motifs is 2. The van der Waals surface area contributed by atoms with Crippen molar-refractivity contribution < 1.29 is 4.74 Å². The van der Waals surface area contributed by atoms with E-state index in [9.17, 15) is 0 Å². The van der Waals surface area contributed by atoms with E-state index in [0.717, 1.165) is 45.9 Å². The number of hydrogen-bond acceptors (Lipinski definition) is 2. The molecule has 0 aromatic heterocycles. The fourth-order valence-corrected chi connectivity index (χ4v) is 8.99. The van der Waals surface area contributed by atoms with E-state index in [-0.39, 0.29) is 6.04 Å². The van der Waals surface area contributed by atoms with Crippen LogP contribution in [0.3, 0.4) is 0 Å². The Kier molecular flexibility index (Phi) is 10.5. The van der Waals surface area contributed by atoms with Crippen LogP contribution in [0.25, 0.3) is 16.7 Å². The Balaban J connectivity index is 1.25. The molecule has 2 aliphatic rings. The van der Waals surface area contributed by atoms with Crippen molar-refractivity contribution >= 4 is 11.3 Å². The molecule has 0 spiro atoms. The lowest BCUT2D eigenvalue weighted by atomic mass is 9.62. The number of nitrogens with zero attached hydrogens (tertiary/aromatic N) is 1. The molecule has 2 nitrogen and oxygen atoms in total. The van der Waals surface area contributed by atoms with E-state index < -0.39 is 5.41 Å². The standard InChI is InChI=1S/C57H47NO/c1-4-53(44-22-10-6-11-23-44)58-54(45-35-33-43(34-36-45)42-20-8-5-9-21-42)39-41(3)49-38-40(2)32-37-47(49)48-26-14-15-27-50(48)57(46-24-12-7-13-25-46)51-28-16-18-30-55(51)59-56-31-19-17-29-52(56)57/h4-37,39-40,53H,1,38H2,2-3H3/b41-39+,58-54?/t40?,53-/m1/s1. The van der Waals surface area contributed by atoms with Crippen molar-refractivity contribution in [1.29, 1.82) is 0 Å². The molecule has 1 heterocycles. The summed E-state index contributed by atoms with van der Waals surface area (Å²) in [5, 5.41) is 0. The molecule has 0 radical (unpaired) electrons. The first-order valence-corrected chi connectivity index (χ1v) is 20.6. The monoisotopic (exact) mass is 761 g/mol. The molecular formula is C57H47NO. The van der Waals surface area contributed by atoms with Gasteiger partial charge in [-0.3, -0.25) is 4.99 Å². The summed E-state index contributed by atoms with van der Waals surface area (Å²) in [7, 11) is 0. The smallest absolute Gasteiger partial charge is 0.132 e. The molecule has 59 heavy (non-hydrogen) atoms. The quantitative estimate of drug-likeness (QED) is 0.100. The fourth-order valence-electron chi connectivity index (χ4n) is 8.99. The van der Waals surface area contributed by atoms with Gasteiger partial charge in [-0.25, -0.2) is 0 Å². The molecule has 0 saturated carbocycles. The SMILES string of the molecule is C=C[C@@H](N=C(/C=C(\C)C1=C(c2ccccc2C2(c3ccccc3)c3ccccc3Oc3ccccc32)C=CC(C)C1)c1ccc(-c2ccccc2)cc1)c1ccccc1. The summed E-state index contributed by atoms with van der Waals surface area (Å²) in [6.45, 7) is 8.80. The lowest BCUT2D eigenvalue weighted by molar-refractivity contribution is 0.434. The molecule has 286 valence electrons. The summed E-state index contributed by atoms with van der Waals surface area (Å²) in [6.07, 6.45) is 9.87. The Morgan fingerprint density at radius 3 is 1.83 bits per heavy atom. The van der Waals surface area contributed by atoms with Crippen molar-refractivity contribution in [2.45, 2.75) is 31.7 Å². The third-order valence-corrected chi connectivity index (χ3v) is 11.8. The maximum atomic E-state index is 6.67. The molecule has 0 saturated heterocycles. The van der Waals surface area contributed by atoms with Crippen molar-refractivity contribution in [3.8, 4) is 22.6 Å². The van der Waals surface area contributed by atoms with E-state index in [1.54, 1.807) is 0 Å². The molecule has 0 N–H and O–H groups in total. The predicted octanol–water partition coefficient (Wildman–Crippen LogP) is 14.6. The van der Waals surface area contributed by atoms with Crippen LogP contribution in [0.15, 0.2) is 235 Å². The third kappa shape index (κ3) is 7.13. The van der Waals surface area contributed by atoms with Crippen molar-refractivity contribution in [2.75, 3.05) is 0 Å². The van der Waals surface area contributed by atoms with E-state index in [2.05, 4.69) is 221 Å². The van der Waals surface area contributed by atoms with Crippen LogP contribution in [0.2, 0.25) is 0 Å². The maximum Gasteiger partial charge on any atom is 0.132 e. The summed E-state index contributed by atoms with van der Waals surface area (Å²) in [6, 6.07) is 66.6. The van der Waals surface area contributed by atoms with Gasteiger partial charge in [0, 0.05) is 11.1 Å². The van der Waals surface area contributed by atoms with Crippen LogP contribution < -0.4 is 4.74 Å². The number of ether oxygens (including phenoxy) is 1. The molecule has 1 unspecified atom stereocenters. The Hall–Kier alpha value is -7.03. The van der Waals surface area contributed by atoms with Gasteiger partial charge in [0.15, 0.2) is 0 Å². The highest BCUT2D eigenvalue weighted by Crippen LogP contribution is 2.56. The van der Waals surface area contributed by atoms with E-state index in [1.165, 1.54) is 44.5 Å². The Labute approximate surface area is 348 Å². The van der Waals surface area contributed by atoms with Crippen LogP contribution >= 0.6 is 0 Å². The van der Waals surface area contributed by atoms with Crippen LogP contribution in [0, 0.1) is 5.92 Å². The lowest BCUT2D eigenvalue weighted by Crippen LogP contribution is -2.35.